The van der Waals surface area contributed by atoms with E-state index >= 15 is 0 Å². The van der Waals surface area contributed by atoms with Gasteiger partial charge in [-0.3, -0.25) is 4.99 Å². The second-order valence-corrected chi connectivity index (χ2v) is 7.45. The number of anilines is 1. The zero-order valence-corrected chi connectivity index (χ0v) is 19.8. The van der Waals surface area contributed by atoms with Crippen LogP contribution < -0.4 is 11.1 Å². The summed E-state index contributed by atoms with van der Waals surface area (Å²) < 4.78 is 14.7. The first kappa shape index (κ1) is 23.9. The highest BCUT2D eigenvalue weighted by molar-refractivity contribution is 14.0. The average Bonchev–Trinajstić information content (AvgIpc) is 3.05. The Kier molecular flexibility index (Phi) is 8.89. The summed E-state index contributed by atoms with van der Waals surface area (Å²) in [4.78, 5) is 6.68. The van der Waals surface area contributed by atoms with Crippen molar-refractivity contribution in [2.24, 2.45) is 10.9 Å². The van der Waals surface area contributed by atoms with Gasteiger partial charge in [0, 0.05) is 26.7 Å². The van der Waals surface area contributed by atoms with Crippen LogP contribution in [0.15, 0.2) is 29.3 Å². The Labute approximate surface area is 194 Å². The molecule has 1 aliphatic heterocycles. The van der Waals surface area contributed by atoms with Crippen molar-refractivity contribution in [1.82, 2.24) is 20.0 Å². The van der Waals surface area contributed by atoms with Crippen LogP contribution in [0.5, 0.6) is 0 Å². The van der Waals surface area contributed by atoms with E-state index in [1.807, 2.05) is 0 Å². The number of rotatable bonds is 5. The van der Waals surface area contributed by atoms with E-state index in [4.69, 9.17) is 5.73 Å². The van der Waals surface area contributed by atoms with Crippen LogP contribution >= 0.6 is 24.0 Å². The van der Waals surface area contributed by atoms with Gasteiger partial charge >= 0.3 is 0 Å². The monoisotopic (exact) mass is 525 g/mol. The number of benzene rings is 1. The number of likely N-dealkylation sites (tertiary alicyclic amines) is 1. The van der Waals surface area contributed by atoms with E-state index in [0.717, 1.165) is 37.9 Å². The highest BCUT2D eigenvalue weighted by Gasteiger charge is 2.19. The highest BCUT2D eigenvalue weighted by atomic mass is 127. The lowest BCUT2D eigenvalue weighted by atomic mass is 10.00. The van der Waals surface area contributed by atoms with Gasteiger partial charge in [-0.15, -0.1) is 24.0 Å². The third-order valence-corrected chi connectivity index (χ3v) is 5.35. The van der Waals surface area contributed by atoms with Crippen molar-refractivity contribution in [1.29, 1.82) is 5.26 Å². The van der Waals surface area contributed by atoms with E-state index in [1.54, 1.807) is 19.2 Å². The molecule has 30 heavy (non-hydrogen) atoms. The Morgan fingerprint density at radius 3 is 2.60 bits per heavy atom. The second kappa shape index (κ2) is 11.2. The third-order valence-electron chi connectivity index (χ3n) is 5.35. The van der Waals surface area contributed by atoms with Gasteiger partial charge in [-0.1, -0.05) is 6.92 Å². The largest absolute Gasteiger partial charge is 0.382 e. The summed E-state index contributed by atoms with van der Waals surface area (Å²) in [6, 6.07) is 8.02. The molecule has 0 spiro atoms. The number of nitrogens with one attached hydrogen (secondary N) is 1. The van der Waals surface area contributed by atoms with Crippen LogP contribution in [0.1, 0.15) is 37.4 Å². The zero-order valence-electron chi connectivity index (χ0n) is 17.4. The number of nitriles is 1. The summed E-state index contributed by atoms with van der Waals surface area (Å²) in [5.74, 6) is 1.65. The molecule has 1 aromatic heterocycles. The quantitative estimate of drug-likeness (QED) is 0.270. The maximum atomic E-state index is 13.2. The molecule has 3 rings (SSSR count). The van der Waals surface area contributed by atoms with Gasteiger partial charge in [0.15, 0.2) is 5.96 Å². The third kappa shape index (κ3) is 5.62. The minimum atomic E-state index is -0.331. The van der Waals surface area contributed by atoms with Crippen molar-refractivity contribution in [3.63, 3.8) is 0 Å². The van der Waals surface area contributed by atoms with Crippen molar-refractivity contribution in [3.05, 3.63) is 41.3 Å². The van der Waals surface area contributed by atoms with Crippen molar-refractivity contribution < 1.29 is 4.39 Å². The summed E-state index contributed by atoms with van der Waals surface area (Å²) in [6.07, 6.45) is 3.78. The average molecular weight is 525 g/mol. The number of aromatic nitrogens is 2. The molecular weight excluding hydrogens is 496 g/mol. The summed E-state index contributed by atoms with van der Waals surface area (Å²) in [5, 5.41) is 17.4. The van der Waals surface area contributed by atoms with Crippen molar-refractivity contribution >= 4 is 35.8 Å². The molecule has 0 unspecified atom stereocenters. The van der Waals surface area contributed by atoms with Gasteiger partial charge in [0.2, 0.25) is 0 Å². The first-order valence-corrected chi connectivity index (χ1v) is 10.0. The molecule has 0 radical (unpaired) electrons. The van der Waals surface area contributed by atoms with Crippen LogP contribution in [0.4, 0.5) is 10.2 Å². The number of guanidine groups is 1. The van der Waals surface area contributed by atoms with E-state index in [-0.39, 0.29) is 35.6 Å². The van der Waals surface area contributed by atoms with Crippen molar-refractivity contribution in [3.8, 4) is 11.8 Å². The molecule has 0 atom stereocenters. The van der Waals surface area contributed by atoms with Gasteiger partial charge in [0.25, 0.3) is 0 Å². The first-order valence-electron chi connectivity index (χ1n) is 10.0. The lowest BCUT2D eigenvalue weighted by Gasteiger charge is -2.32. The molecule has 2 aromatic rings. The standard InChI is InChI=1S/C21H28FN7.HI/c1-15-9-12-28(13-10-15)21(25-2)26-11-3-4-19-18(14-23)20(24)29(27-19)17-7-5-16(22)6-8-17;/h5-8,15H,3-4,9-13,24H2,1-2H3,(H,25,26);1H. The number of hydrogen-bond donors (Lipinski definition) is 2. The van der Waals surface area contributed by atoms with E-state index in [1.165, 1.54) is 29.7 Å². The predicted molar refractivity (Wildman–Crippen MR) is 128 cm³/mol. The molecule has 0 aliphatic carbocycles. The molecular formula is C21H29FIN7. The highest BCUT2D eigenvalue weighted by Crippen LogP contribution is 2.22. The maximum Gasteiger partial charge on any atom is 0.193 e. The minimum Gasteiger partial charge on any atom is -0.382 e. The summed E-state index contributed by atoms with van der Waals surface area (Å²) in [6.45, 7) is 5.07. The van der Waals surface area contributed by atoms with E-state index in [0.29, 0.717) is 23.4 Å². The van der Waals surface area contributed by atoms with Gasteiger partial charge in [-0.2, -0.15) is 10.4 Å². The summed E-state index contributed by atoms with van der Waals surface area (Å²) in [7, 11) is 1.80. The molecule has 0 amide bonds. The lowest BCUT2D eigenvalue weighted by Crippen LogP contribution is -2.45. The number of aliphatic imine (C=N–C) groups is 1. The zero-order chi connectivity index (χ0) is 20.8. The van der Waals surface area contributed by atoms with E-state index < -0.39 is 0 Å². The topological polar surface area (TPSA) is 95.3 Å². The molecule has 1 aliphatic rings. The molecule has 0 bridgehead atoms. The van der Waals surface area contributed by atoms with Crippen LogP contribution in [0.3, 0.4) is 0 Å². The first-order chi connectivity index (χ1) is 14.0. The SMILES string of the molecule is CN=C(NCCCc1nn(-c2ccc(F)cc2)c(N)c1C#N)N1CCC(C)CC1.I. The molecule has 1 fully saturated rings. The Morgan fingerprint density at radius 1 is 1.33 bits per heavy atom. The van der Waals surface area contributed by atoms with Gasteiger partial charge in [0.1, 0.15) is 23.3 Å². The lowest BCUT2D eigenvalue weighted by molar-refractivity contribution is 0.273. The number of halogens is 2. The smallest absolute Gasteiger partial charge is 0.193 e. The molecule has 1 aromatic carbocycles. The van der Waals surface area contributed by atoms with Crippen molar-refractivity contribution in [2.45, 2.75) is 32.6 Å². The Morgan fingerprint density at radius 2 is 2.00 bits per heavy atom. The molecule has 0 saturated carbocycles. The summed E-state index contributed by atoms with van der Waals surface area (Å²) >= 11 is 0. The van der Waals surface area contributed by atoms with Gasteiger partial charge in [-0.05, 0) is 55.9 Å². The number of nitrogen functional groups attached to an aromatic ring is 1. The van der Waals surface area contributed by atoms with Crippen LogP contribution in [-0.4, -0.2) is 47.3 Å². The molecule has 7 nitrogen and oxygen atoms in total. The number of nitrogens with two attached hydrogens (primary N) is 1. The predicted octanol–water partition coefficient (Wildman–Crippen LogP) is 3.32. The van der Waals surface area contributed by atoms with Crippen LogP contribution in [-0.2, 0) is 6.42 Å². The maximum absolute atomic E-state index is 13.2. The second-order valence-electron chi connectivity index (χ2n) is 7.45. The Bertz CT molecular complexity index is 893. The number of nitrogens with zero attached hydrogens (tertiary/aromatic N) is 5. The van der Waals surface area contributed by atoms with Crippen LogP contribution in [0, 0.1) is 23.1 Å². The van der Waals surface area contributed by atoms with Gasteiger partial charge in [0.05, 0.1) is 11.4 Å². The number of aryl methyl sites for hydroxylation is 1. The Balaban J connectivity index is 0.00000320. The minimum absolute atomic E-state index is 0. The number of piperidine rings is 1. The fourth-order valence-corrected chi connectivity index (χ4v) is 3.56. The van der Waals surface area contributed by atoms with Crippen LogP contribution in [0.25, 0.3) is 5.69 Å². The molecule has 162 valence electrons. The Hall–Kier alpha value is -2.35. The summed E-state index contributed by atoms with van der Waals surface area (Å²) in [5.41, 5.74) is 7.77. The van der Waals surface area contributed by atoms with Crippen molar-refractivity contribution in [2.75, 3.05) is 32.4 Å². The fraction of sp³-hybridized carbons (Fsp3) is 0.476. The molecule has 2 heterocycles. The molecule has 1 saturated heterocycles. The normalized spacial score (nSPS) is 14.9. The van der Waals surface area contributed by atoms with Gasteiger partial charge in [-0.25, -0.2) is 9.07 Å². The van der Waals surface area contributed by atoms with E-state index in [2.05, 4.69) is 33.3 Å². The fourth-order valence-electron chi connectivity index (χ4n) is 3.56. The van der Waals surface area contributed by atoms with Crippen LogP contribution in [0.2, 0.25) is 0 Å². The van der Waals surface area contributed by atoms with Gasteiger partial charge < -0.3 is 16.0 Å². The molecule has 9 heteroatoms. The van der Waals surface area contributed by atoms with E-state index in [9.17, 15) is 9.65 Å². The number of hydrogen-bond acceptors (Lipinski definition) is 4. The molecule has 3 N–H and O–H groups in total.